The topological polar surface area (TPSA) is 38.0 Å². The van der Waals surface area contributed by atoms with Crippen molar-refractivity contribution in [3.8, 4) is 11.1 Å². The number of benzene rings is 2. The highest BCUT2D eigenvalue weighted by molar-refractivity contribution is 5.76. The van der Waals surface area contributed by atoms with Crippen molar-refractivity contribution in [2.24, 2.45) is 5.73 Å². The number of nitrogens with two attached hydrogens (primary N) is 1. The smallest absolute Gasteiger partial charge is 0.0498 e. The quantitative estimate of drug-likeness (QED) is 0.830. The van der Waals surface area contributed by atoms with Gasteiger partial charge in [0.1, 0.15) is 0 Å². The van der Waals surface area contributed by atoms with Gasteiger partial charge in [0.2, 0.25) is 0 Å². The van der Waals surface area contributed by atoms with Crippen LogP contribution >= 0.6 is 0 Å². The lowest BCUT2D eigenvalue weighted by Gasteiger charge is -2.11. The van der Waals surface area contributed by atoms with Gasteiger partial charge in [-0.05, 0) is 59.0 Å². The average molecular weight is 316 g/mol. The van der Waals surface area contributed by atoms with Gasteiger partial charge in [-0.1, -0.05) is 60.7 Å². The Morgan fingerprint density at radius 1 is 1.00 bits per heavy atom. The summed E-state index contributed by atoms with van der Waals surface area (Å²) < 4.78 is 0. The predicted octanol–water partition coefficient (Wildman–Crippen LogP) is 4.82. The Morgan fingerprint density at radius 3 is 2.50 bits per heavy atom. The third kappa shape index (κ3) is 3.84. The summed E-state index contributed by atoms with van der Waals surface area (Å²) in [6.07, 6.45) is 12.9. The lowest BCUT2D eigenvalue weighted by atomic mass is 9.95. The molecule has 2 aromatic rings. The summed E-state index contributed by atoms with van der Waals surface area (Å²) in [5.41, 5.74) is 12.3. The summed E-state index contributed by atoms with van der Waals surface area (Å²) in [7, 11) is 1.87. The van der Waals surface area contributed by atoms with E-state index >= 15 is 0 Å². The Labute approximate surface area is 144 Å². The van der Waals surface area contributed by atoms with E-state index in [1.54, 1.807) is 0 Å². The molecule has 1 atom stereocenters. The van der Waals surface area contributed by atoms with E-state index in [0.29, 0.717) is 0 Å². The van der Waals surface area contributed by atoms with Crippen LogP contribution in [0.25, 0.3) is 16.7 Å². The number of nitrogens with one attached hydrogen (secondary N) is 1. The summed E-state index contributed by atoms with van der Waals surface area (Å²) in [5, 5.41) is 2.98. The van der Waals surface area contributed by atoms with Gasteiger partial charge in [-0.15, -0.1) is 0 Å². The molecule has 0 aliphatic heterocycles. The van der Waals surface area contributed by atoms with Crippen molar-refractivity contribution in [3.05, 3.63) is 90.2 Å². The summed E-state index contributed by atoms with van der Waals surface area (Å²) in [6.45, 7) is 0. The molecule has 0 saturated heterocycles. The Balaban J connectivity index is 1.83. The Kier molecular flexibility index (Phi) is 5.29. The van der Waals surface area contributed by atoms with Gasteiger partial charge in [0, 0.05) is 13.1 Å². The lowest BCUT2D eigenvalue weighted by Crippen LogP contribution is -2.08. The minimum atomic E-state index is -0.103. The summed E-state index contributed by atoms with van der Waals surface area (Å²) in [4.78, 5) is 0. The van der Waals surface area contributed by atoms with Crippen molar-refractivity contribution >= 4 is 5.57 Å². The van der Waals surface area contributed by atoms with E-state index in [1.165, 1.54) is 22.3 Å². The van der Waals surface area contributed by atoms with Gasteiger partial charge in [0.05, 0.1) is 0 Å². The van der Waals surface area contributed by atoms with Crippen LogP contribution in [0.5, 0.6) is 0 Å². The van der Waals surface area contributed by atoms with E-state index in [9.17, 15) is 0 Å². The van der Waals surface area contributed by atoms with Crippen molar-refractivity contribution < 1.29 is 0 Å². The number of hydrogen-bond acceptors (Lipinski definition) is 2. The molecule has 24 heavy (non-hydrogen) atoms. The van der Waals surface area contributed by atoms with Gasteiger partial charge < -0.3 is 11.1 Å². The monoisotopic (exact) mass is 316 g/mol. The third-order valence-corrected chi connectivity index (χ3v) is 4.29. The zero-order valence-corrected chi connectivity index (χ0v) is 14.1. The highest BCUT2D eigenvalue weighted by Gasteiger charge is 2.06. The van der Waals surface area contributed by atoms with Crippen molar-refractivity contribution in [1.82, 2.24) is 5.32 Å². The molecule has 1 aliphatic carbocycles. The van der Waals surface area contributed by atoms with Crippen LogP contribution in [0.15, 0.2) is 79.0 Å². The van der Waals surface area contributed by atoms with E-state index in [4.69, 9.17) is 5.73 Å². The molecule has 0 fully saturated rings. The number of hydrogen-bond donors (Lipinski definition) is 2. The third-order valence-electron chi connectivity index (χ3n) is 4.29. The van der Waals surface area contributed by atoms with Crippen molar-refractivity contribution in [1.29, 1.82) is 0 Å². The largest absolute Gasteiger partial charge is 0.394 e. The van der Waals surface area contributed by atoms with Crippen LogP contribution in [-0.4, -0.2) is 7.05 Å². The molecule has 0 aromatic heterocycles. The minimum absolute atomic E-state index is 0.103. The van der Waals surface area contributed by atoms with Gasteiger partial charge in [-0.2, -0.15) is 0 Å². The second kappa shape index (κ2) is 7.80. The summed E-state index contributed by atoms with van der Waals surface area (Å²) in [5.74, 6) is 0. The molecule has 0 radical (unpaired) electrons. The van der Waals surface area contributed by atoms with Gasteiger partial charge in [0.15, 0.2) is 0 Å². The molecule has 1 unspecified atom stereocenters. The van der Waals surface area contributed by atoms with Gasteiger partial charge in [-0.25, -0.2) is 0 Å². The highest BCUT2D eigenvalue weighted by Crippen LogP contribution is 2.27. The van der Waals surface area contributed by atoms with Crippen molar-refractivity contribution in [3.63, 3.8) is 0 Å². The first kappa shape index (κ1) is 16.3. The van der Waals surface area contributed by atoms with Crippen LogP contribution < -0.4 is 11.1 Å². The average Bonchev–Trinajstić information content (AvgIpc) is 2.67. The molecule has 1 aliphatic rings. The molecule has 3 N–H and O–H groups in total. The fraction of sp³-hybridized carbons (Fsp3) is 0.182. The molecular weight excluding hydrogens is 292 g/mol. The molecule has 2 aromatic carbocycles. The Morgan fingerprint density at radius 2 is 1.79 bits per heavy atom. The van der Waals surface area contributed by atoms with Crippen LogP contribution in [0.4, 0.5) is 0 Å². The maximum atomic E-state index is 6.21. The van der Waals surface area contributed by atoms with E-state index in [-0.39, 0.29) is 6.04 Å². The maximum absolute atomic E-state index is 6.21. The van der Waals surface area contributed by atoms with E-state index in [1.807, 2.05) is 19.3 Å². The zero-order chi connectivity index (χ0) is 16.8. The van der Waals surface area contributed by atoms with Crippen molar-refractivity contribution in [2.45, 2.75) is 18.9 Å². The normalized spacial score (nSPS) is 15.3. The van der Waals surface area contributed by atoms with Crippen LogP contribution in [0.3, 0.4) is 0 Å². The fourth-order valence-corrected chi connectivity index (χ4v) is 2.92. The highest BCUT2D eigenvalue weighted by atomic mass is 14.8. The number of allylic oxidation sites excluding steroid dienone is 4. The Bertz CT molecular complexity index is 767. The molecule has 2 nitrogen and oxygen atoms in total. The Hall–Kier alpha value is -2.58. The van der Waals surface area contributed by atoms with E-state index in [2.05, 4.69) is 72.1 Å². The molecular formula is C22H24N2. The molecule has 0 bridgehead atoms. The molecule has 0 saturated carbocycles. The second-order valence-electron chi connectivity index (χ2n) is 6.02. The second-order valence-corrected chi connectivity index (χ2v) is 6.02. The van der Waals surface area contributed by atoms with Crippen LogP contribution in [0.2, 0.25) is 0 Å². The molecule has 0 heterocycles. The van der Waals surface area contributed by atoms with Gasteiger partial charge in [-0.3, -0.25) is 0 Å². The first-order valence-electron chi connectivity index (χ1n) is 8.45. The van der Waals surface area contributed by atoms with Gasteiger partial charge >= 0.3 is 0 Å². The van der Waals surface area contributed by atoms with Crippen LogP contribution in [-0.2, 0) is 0 Å². The summed E-state index contributed by atoms with van der Waals surface area (Å²) >= 11 is 0. The maximum Gasteiger partial charge on any atom is 0.0498 e. The molecule has 3 rings (SSSR count). The molecule has 0 spiro atoms. The van der Waals surface area contributed by atoms with E-state index in [0.717, 1.165) is 18.4 Å². The first-order chi connectivity index (χ1) is 11.8. The van der Waals surface area contributed by atoms with Crippen LogP contribution in [0, 0.1) is 0 Å². The molecule has 122 valence electrons. The minimum Gasteiger partial charge on any atom is -0.394 e. The zero-order valence-electron chi connectivity index (χ0n) is 14.1. The molecule has 0 amide bonds. The van der Waals surface area contributed by atoms with Crippen molar-refractivity contribution in [2.75, 3.05) is 7.05 Å². The standard InChI is InChI=1S/C22H24N2/c1-24-15-14-22(23)21-9-5-8-20(16-21)19-12-10-18(11-13-19)17-6-3-2-4-7-17/h3,5-16,22,24H,2,4,23H2,1H3/b15-14-. The lowest BCUT2D eigenvalue weighted by molar-refractivity contribution is 0.897. The SMILES string of the molecule is CN/C=C\C(N)c1cccc(-c2ccc(C3=CCCC=C3)cc2)c1. The summed E-state index contributed by atoms with van der Waals surface area (Å²) in [6, 6.07) is 17.1. The van der Waals surface area contributed by atoms with Crippen LogP contribution in [0.1, 0.15) is 30.0 Å². The predicted molar refractivity (Wildman–Crippen MR) is 103 cm³/mol. The number of rotatable bonds is 5. The van der Waals surface area contributed by atoms with E-state index < -0.39 is 0 Å². The first-order valence-corrected chi connectivity index (χ1v) is 8.45. The fourth-order valence-electron chi connectivity index (χ4n) is 2.92. The molecule has 2 heteroatoms. The van der Waals surface area contributed by atoms with Gasteiger partial charge in [0.25, 0.3) is 0 Å².